The minimum Gasteiger partial charge on any atom is -0.0806 e. The molecule has 0 spiro atoms. The highest BCUT2D eigenvalue weighted by Crippen LogP contribution is 2.49. The van der Waals surface area contributed by atoms with Crippen molar-refractivity contribution in [1.29, 1.82) is 0 Å². The normalized spacial score (nSPS) is 35.5. The molecule has 4 aliphatic rings. The standard InChI is InChI=1S/2C15H24.C5H12/c2*1-11-9-12(10-15(2,3)4)14-8-6-5-7-13(11)14;1-5(2,3)4/h2*5-8,11-14H,9-10H2,1-4H3;1-4H3. The van der Waals surface area contributed by atoms with E-state index in [1.165, 1.54) is 25.7 Å². The van der Waals surface area contributed by atoms with E-state index in [9.17, 15) is 0 Å². The molecule has 0 amide bonds. The Bertz CT molecular complexity index is 687. The fourth-order valence-electron chi connectivity index (χ4n) is 6.96. The van der Waals surface area contributed by atoms with Crippen LogP contribution in [0.1, 0.15) is 109 Å². The highest BCUT2D eigenvalue weighted by atomic mass is 14.5. The Kier molecular flexibility index (Phi) is 10.4. The number of fused-ring (bicyclic) bond motifs is 2. The predicted molar refractivity (Wildman–Crippen MR) is 158 cm³/mol. The lowest BCUT2D eigenvalue weighted by Gasteiger charge is -2.28. The van der Waals surface area contributed by atoms with Gasteiger partial charge in [0.05, 0.1) is 0 Å². The van der Waals surface area contributed by atoms with E-state index in [-0.39, 0.29) is 0 Å². The molecule has 0 N–H and O–H groups in total. The van der Waals surface area contributed by atoms with Crippen molar-refractivity contribution in [3.8, 4) is 0 Å². The van der Waals surface area contributed by atoms with Gasteiger partial charge < -0.3 is 0 Å². The lowest BCUT2D eigenvalue weighted by atomic mass is 9.77. The maximum Gasteiger partial charge on any atom is -0.0136 e. The first-order valence-corrected chi connectivity index (χ1v) is 14.6. The molecule has 2 fully saturated rings. The molecule has 0 heterocycles. The van der Waals surface area contributed by atoms with Crippen molar-refractivity contribution in [1.82, 2.24) is 0 Å². The van der Waals surface area contributed by atoms with Gasteiger partial charge in [-0.05, 0) is 89.3 Å². The van der Waals surface area contributed by atoms with E-state index in [4.69, 9.17) is 0 Å². The molecule has 0 nitrogen and oxygen atoms in total. The van der Waals surface area contributed by atoms with Crippen LogP contribution in [0.25, 0.3) is 0 Å². The van der Waals surface area contributed by atoms with E-state index in [1.807, 2.05) is 0 Å². The van der Waals surface area contributed by atoms with Gasteiger partial charge in [0.25, 0.3) is 0 Å². The van der Waals surface area contributed by atoms with Crippen molar-refractivity contribution >= 4 is 0 Å². The van der Waals surface area contributed by atoms with Gasteiger partial charge in [0, 0.05) is 0 Å². The average Bonchev–Trinajstić information content (AvgIpc) is 3.16. The summed E-state index contributed by atoms with van der Waals surface area (Å²) < 4.78 is 0. The monoisotopic (exact) mass is 480 g/mol. The lowest BCUT2D eigenvalue weighted by Crippen LogP contribution is -2.19. The van der Waals surface area contributed by atoms with Gasteiger partial charge in [-0.3, -0.25) is 0 Å². The van der Waals surface area contributed by atoms with Gasteiger partial charge in [-0.25, -0.2) is 0 Å². The Hall–Kier alpha value is -1.04. The second-order valence-corrected chi connectivity index (χ2v) is 16.3. The van der Waals surface area contributed by atoms with Crippen LogP contribution in [0.2, 0.25) is 0 Å². The van der Waals surface area contributed by atoms with Gasteiger partial charge >= 0.3 is 0 Å². The molecule has 0 aromatic rings. The van der Waals surface area contributed by atoms with Crippen molar-refractivity contribution in [3.63, 3.8) is 0 Å². The first-order chi connectivity index (χ1) is 15.9. The molecule has 0 saturated heterocycles. The zero-order chi connectivity index (χ0) is 26.6. The summed E-state index contributed by atoms with van der Waals surface area (Å²) in [4.78, 5) is 0. The zero-order valence-electron chi connectivity index (χ0n) is 25.6. The quantitative estimate of drug-likeness (QED) is 0.368. The van der Waals surface area contributed by atoms with Crippen molar-refractivity contribution in [2.24, 2.45) is 63.6 Å². The third-order valence-electron chi connectivity index (χ3n) is 7.95. The summed E-state index contributed by atoms with van der Waals surface area (Å²) in [5, 5.41) is 0. The topological polar surface area (TPSA) is 0 Å². The van der Waals surface area contributed by atoms with Gasteiger partial charge in [-0.15, -0.1) is 0 Å². The van der Waals surface area contributed by atoms with Crippen molar-refractivity contribution < 1.29 is 0 Å². The molecule has 2 saturated carbocycles. The van der Waals surface area contributed by atoms with Crippen molar-refractivity contribution in [2.75, 3.05) is 0 Å². The molecule has 0 aromatic carbocycles. The maximum atomic E-state index is 2.45. The Morgan fingerprint density at radius 1 is 0.486 bits per heavy atom. The largest absolute Gasteiger partial charge is 0.0806 e. The van der Waals surface area contributed by atoms with Crippen molar-refractivity contribution in [3.05, 3.63) is 48.6 Å². The van der Waals surface area contributed by atoms with E-state index in [2.05, 4.69) is 132 Å². The summed E-state index contributed by atoms with van der Waals surface area (Å²) >= 11 is 0. The van der Waals surface area contributed by atoms with Crippen LogP contribution in [0.3, 0.4) is 0 Å². The molecule has 4 rings (SSSR count). The van der Waals surface area contributed by atoms with Crippen LogP contribution < -0.4 is 0 Å². The molecular weight excluding hydrogens is 420 g/mol. The fourth-order valence-corrected chi connectivity index (χ4v) is 6.96. The van der Waals surface area contributed by atoms with E-state index < -0.39 is 0 Å². The highest BCUT2D eigenvalue weighted by molar-refractivity contribution is 5.19. The molecule has 0 heteroatoms. The number of hydrogen-bond acceptors (Lipinski definition) is 0. The smallest absolute Gasteiger partial charge is 0.0136 e. The molecular formula is C35H60. The lowest BCUT2D eigenvalue weighted by molar-refractivity contribution is 0.262. The molecule has 0 radical (unpaired) electrons. The second kappa shape index (κ2) is 12.0. The fraction of sp³-hybridized carbons (Fsp3) is 0.771. The minimum absolute atomic E-state index is 0.480. The van der Waals surface area contributed by atoms with Gasteiger partial charge in [0.2, 0.25) is 0 Å². The third kappa shape index (κ3) is 10.5. The number of allylic oxidation sites excluding steroid dienone is 8. The van der Waals surface area contributed by atoms with Crippen LogP contribution in [0.15, 0.2) is 48.6 Å². The second-order valence-electron chi connectivity index (χ2n) is 16.3. The van der Waals surface area contributed by atoms with Crippen LogP contribution in [0.4, 0.5) is 0 Å². The Balaban J connectivity index is 0.000000208. The molecule has 0 aromatic heterocycles. The summed E-state index contributed by atoms with van der Waals surface area (Å²) in [6.45, 7) is 27.8. The average molecular weight is 481 g/mol. The zero-order valence-corrected chi connectivity index (χ0v) is 25.6. The summed E-state index contributed by atoms with van der Waals surface area (Å²) in [6, 6.07) is 0. The van der Waals surface area contributed by atoms with E-state index in [0.29, 0.717) is 16.2 Å². The third-order valence-corrected chi connectivity index (χ3v) is 7.95. The summed E-state index contributed by atoms with van der Waals surface area (Å²) in [5.41, 5.74) is 1.46. The maximum absolute atomic E-state index is 2.45. The van der Waals surface area contributed by atoms with Gasteiger partial charge in [-0.1, -0.05) is 132 Å². The van der Waals surface area contributed by atoms with E-state index >= 15 is 0 Å². The van der Waals surface area contributed by atoms with Crippen molar-refractivity contribution in [2.45, 2.75) is 109 Å². The van der Waals surface area contributed by atoms with Crippen LogP contribution >= 0.6 is 0 Å². The molecule has 0 aliphatic heterocycles. The van der Waals surface area contributed by atoms with E-state index in [1.54, 1.807) is 0 Å². The van der Waals surface area contributed by atoms with E-state index in [0.717, 1.165) is 47.3 Å². The summed E-state index contributed by atoms with van der Waals surface area (Å²) in [5.74, 6) is 6.86. The van der Waals surface area contributed by atoms with Gasteiger partial charge in [0.1, 0.15) is 0 Å². The minimum atomic E-state index is 0.480. The van der Waals surface area contributed by atoms with Gasteiger partial charge in [-0.2, -0.15) is 0 Å². The molecule has 35 heavy (non-hydrogen) atoms. The molecule has 0 bridgehead atoms. The molecule has 8 atom stereocenters. The Labute approximate surface area is 220 Å². The SMILES string of the molecule is CC(C)(C)C.CC1CC(CC(C)(C)C)C2C=CC=CC12.CC1CC(CC(C)(C)C)C2C=CC=CC12. The number of hydrogen-bond donors (Lipinski definition) is 0. The van der Waals surface area contributed by atoms with Crippen LogP contribution in [-0.4, -0.2) is 0 Å². The predicted octanol–water partition coefficient (Wildman–Crippen LogP) is 10.9. The van der Waals surface area contributed by atoms with Crippen LogP contribution in [-0.2, 0) is 0 Å². The van der Waals surface area contributed by atoms with Crippen LogP contribution in [0, 0.1) is 63.6 Å². The first kappa shape index (κ1) is 30.2. The Morgan fingerprint density at radius 3 is 1.00 bits per heavy atom. The molecule has 200 valence electrons. The Morgan fingerprint density at radius 2 is 0.743 bits per heavy atom. The molecule has 8 unspecified atom stereocenters. The highest BCUT2D eigenvalue weighted by Gasteiger charge is 2.41. The first-order valence-electron chi connectivity index (χ1n) is 14.6. The number of rotatable bonds is 2. The summed E-state index contributed by atoms with van der Waals surface area (Å²) in [6.07, 6.45) is 24.3. The van der Waals surface area contributed by atoms with Gasteiger partial charge in [0.15, 0.2) is 0 Å². The molecule has 4 aliphatic carbocycles. The summed E-state index contributed by atoms with van der Waals surface area (Å²) in [7, 11) is 0. The van der Waals surface area contributed by atoms with Crippen LogP contribution in [0.5, 0.6) is 0 Å².